The number of carbonyl (C=O) groups is 1. The Kier molecular flexibility index (Phi) is 15.0. The van der Waals surface area contributed by atoms with Gasteiger partial charge in [-0.05, 0) is 93.7 Å². The molecule has 0 saturated carbocycles. The highest BCUT2D eigenvalue weighted by molar-refractivity contribution is 5.97. The summed E-state index contributed by atoms with van der Waals surface area (Å²) in [5.74, 6) is 1.13. The van der Waals surface area contributed by atoms with Crippen LogP contribution in [0, 0.1) is 23.1 Å². The first kappa shape index (κ1) is 34.6. The molecule has 2 aromatic rings. The zero-order chi connectivity index (χ0) is 30.9. The molecule has 0 bridgehead atoms. The molecule has 1 fully saturated rings. The molecule has 1 heterocycles. The first-order chi connectivity index (χ1) is 21.0. The third-order valence-corrected chi connectivity index (χ3v) is 9.27. The number of unbranched alkanes of at least 4 members (excludes halogenated alkanes) is 9. The summed E-state index contributed by atoms with van der Waals surface area (Å²) in [5, 5.41) is 10.6. The lowest BCUT2D eigenvalue weighted by atomic mass is 9.74. The first-order valence-corrected chi connectivity index (χ1v) is 16.6. The van der Waals surface area contributed by atoms with Crippen molar-refractivity contribution in [2.75, 3.05) is 33.9 Å². The van der Waals surface area contributed by atoms with Gasteiger partial charge in [-0.3, -0.25) is 4.79 Å². The van der Waals surface area contributed by atoms with Gasteiger partial charge in [-0.15, -0.1) is 0 Å². The topological polar surface area (TPSA) is 62.6 Å². The number of nitrogens with zero attached hydrogens (tertiary/aromatic N) is 2. The molecule has 43 heavy (non-hydrogen) atoms. The Balaban J connectivity index is 1.54. The summed E-state index contributed by atoms with van der Waals surface area (Å²) in [7, 11) is 3.28. The summed E-state index contributed by atoms with van der Waals surface area (Å²) in [4.78, 5) is 15.3. The zero-order valence-corrected chi connectivity index (χ0v) is 26.8. The van der Waals surface area contributed by atoms with Crippen LogP contribution in [-0.2, 0) is 5.41 Å². The van der Waals surface area contributed by atoms with Crippen LogP contribution in [0.15, 0.2) is 42.5 Å². The second-order valence-electron chi connectivity index (χ2n) is 12.3. The highest BCUT2D eigenvalue weighted by atomic mass is 19.1. The van der Waals surface area contributed by atoms with Gasteiger partial charge in [0.1, 0.15) is 5.82 Å². The van der Waals surface area contributed by atoms with E-state index in [2.05, 4.69) is 17.9 Å². The van der Waals surface area contributed by atoms with Crippen molar-refractivity contribution < 1.29 is 18.7 Å². The van der Waals surface area contributed by atoms with Crippen LogP contribution in [0.25, 0.3) is 0 Å². The van der Waals surface area contributed by atoms with Gasteiger partial charge in [-0.25, -0.2) is 4.39 Å². The van der Waals surface area contributed by atoms with E-state index in [9.17, 15) is 14.4 Å². The minimum atomic E-state index is -0.573. The lowest BCUT2D eigenvalue weighted by molar-refractivity contribution is 0.0838. The van der Waals surface area contributed by atoms with Crippen LogP contribution in [0.4, 0.5) is 4.39 Å². The van der Waals surface area contributed by atoms with Crippen LogP contribution >= 0.6 is 0 Å². The van der Waals surface area contributed by atoms with Crippen molar-refractivity contribution >= 4 is 5.78 Å². The predicted molar refractivity (Wildman–Crippen MR) is 172 cm³/mol. The zero-order valence-electron chi connectivity index (χ0n) is 26.8. The maximum Gasteiger partial charge on any atom is 0.166 e. The minimum absolute atomic E-state index is 0.0111. The van der Waals surface area contributed by atoms with Gasteiger partial charge in [0.25, 0.3) is 0 Å². The van der Waals surface area contributed by atoms with Crippen molar-refractivity contribution in [3.63, 3.8) is 0 Å². The van der Waals surface area contributed by atoms with Crippen LogP contribution in [0.5, 0.6) is 11.5 Å². The molecule has 1 unspecified atom stereocenters. The van der Waals surface area contributed by atoms with Crippen molar-refractivity contribution in [2.24, 2.45) is 5.92 Å². The lowest BCUT2D eigenvalue weighted by Gasteiger charge is -2.33. The molecule has 0 aromatic heterocycles. The van der Waals surface area contributed by atoms with Crippen molar-refractivity contribution in [3.8, 4) is 17.6 Å². The number of likely N-dealkylation sites (tertiary alicyclic amines) is 1. The molecule has 0 N–H and O–H groups in total. The van der Waals surface area contributed by atoms with Crippen molar-refractivity contribution in [2.45, 2.75) is 109 Å². The number of piperidine rings is 1. The number of hydrogen-bond acceptors (Lipinski definition) is 5. The molecule has 0 spiro atoms. The normalized spacial score (nSPS) is 15.5. The Morgan fingerprint density at radius 3 is 2.02 bits per heavy atom. The number of carbonyl (C=O) groups excluding carboxylic acids is 1. The van der Waals surface area contributed by atoms with E-state index in [4.69, 9.17) is 9.47 Å². The number of benzene rings is 2. The average molecular weight is 593 g/mol. The summed E-state index contributed by atoms with van der Waals surface area (Å²) >= 11 is 0. The molecular formula is C37H53FN2O3. The molecule has 1 aliphatic heterocycles. The Hall–Kier alpha value is -2.91. The Labute approximate surface area is 259 Å². The van der Waals surface area contributed by atoms with E-state index in [0.717, 1.165) is 70.1 Å². The van der Waals surface area contributed by atoms with E-state index >= 15 is 0 Å². The van der Waals surface area contributed by atoms with E-state index < -0.39 is 5.41 Å². The van der Waals surface area contributed by atoms with E-state index in [1.165, 1.54) is 63.5 Å². The molecule has 2 aromatic carbocycles. The van der Waals surface area contributed by atoms with Gasteiger partial charge in [0.15, 0.2) is 17.3 Å². The molecule has 0 amide bonds. The van der Waals surface area contributed by atoms with Gasteiger partial charge >= 0.3 is 0 Å². The number of Topliss-reactive ketones (excluding diaryl/α,β-unsaturated/α-hetero) is 1. The summed E-state index contributed by atoms with van der Waals surface area (Å²) in [5.41, 5.74) is 1.03. The summed E-state index contributed by atoms with van der Waals surface area (Å²) in [6.07, 6.45) is 16.9. The number of halogens is 1. The smallest absolute Gasteiger partial charge is 0.166 e. The van der Waals surface area contributed by atoms with E-state index in [1.54, 1.807) is 26.4 Å². The molecule has 3 rings (SSSR count). The number of hydrogen-bond donors (Lipinski definition) is 0. The van der Waals surface area contributed by atoms with Crippen molar-refractivity contribution in [1.82, 2.24) is 4.90 Å². The third-order valence-electron chi connectivity index (χ3n) is 9.27. The fourth-order valence-corrected chi connectivity index (χ4v) is 6.51. The standard InChI is InChI=1S/C37H53FN2O3/c1-4-5-6-7-8-9-10-11-12-13-23-37(29-39,32-17-20-34(42-2)35(28-32)43-3)24-14-25-40-26-21-31(22-27-40)36(41)30-15-18-33(38)19-16-30/h15-20,28,31H,4-14,21-27H2,1-3H3. The highest BCUT2D eigenvalue weighted by Crippen LogP contribution is 2.39. The predicted octanol–water partition coefficient (Wildman–Crippen LogP) is 9.29. The summed E-state index contributed by atoms with van der Waals surface area (Å²) < 4.78 is 24.3. The maximum absolute atomic E-state index is 13.3. The number of ketones is 1. The van der Waals surface area contributed by atoms with Crippen LogP contribution in [0.2, 0.25) is 0 Å². The molecule has 1 aliphatic rings. The van der Waals surface area contributed by atoms with Gasteiger partial charge in [0, 0.05) is 11.5 Å². The van der Waals surface area contributed by atoms with Crippen LogP contribution < -0.4 is 9.47 Å². The van der Waals surface area contributed by atoms with Gasteiger partial charge < -0.3 is 14.4 Å². The second kappa shape index (κ2) is 18.7. The van der Waals surface area contributed by atoms with Crippen LogP contribution in [0.1, 0.15) is 119 Å². The first-order valence-electron chi connectivity index (χ1n) is 16.6. The Morgan fingerprint density at radius 1 is 0.860 bits per heavy atom. The highest BCUT2D eigenvalue weighted by Gasteiger charge is 2.33. The van der Waals surface area contributed by atoms with Gasteiger partial charge in [-0.1, -0.05) is 77.2 Å². The second-order valence-corrected chi connectivity index (χ2v) is 12.3. The fourth-order valence-electron chi connectivity index (χ4n) is 6.51. The summed E-state index contributed by atoms with van der Waals surface area (Å²) in [6.45, 7) is 4.90. The molecule has 236 valence electrons. The largest absolute Gasteiger partial charge is 0.493 e. The molecule has 1 saturated heterocycles. The van der Waals surface area contributed by atoms with Crippen LogP contribution in [0.3, 0.4) is 0 Å². The van der Waals surface area contributed by atoms with E-state index in [-0.39, 0.29) is 17.5 Å². The Morgan fingerprint density at radius 2 is 1.44 bits per heavy atom. The van der Waals surface area contributed by atoms with Gasteiger partial charge in [-0.2, -0.15) is 5.26 Å². The number of ether oxygens (including phenoxy) is 2. The van der Waals surface area contributed by atoms with Crippen molar-refractivity contribution in [1.29, 1.82) is 5.26 Å². The number of rotatable bonds is 20. The van der Waals surface area contributed by atoms with Crippen LogP contribution in [-0.4, -0.2) is 44.5 Å². The maximum atomic E-state index is 13.3. The van der Waals surface area contributed by atoms with Crippen molar-refractivity contribution in [3.05, 3.63) is 59.4 Å². The molecule has 6 heteroatoms. The summed E-state index contributed by atoms with van der Waals surface area (Å²) in [6, 6.07) is 14.6. The monoisotopic (exact) mass is 592 g/mol. The molecule has 0 aliphatic carbocycles. The Bertz CT molecular complexity index is 1140. The van der Waals surface area contributed by atoms with Gasteiger partial charge in [0.2, 0.25) is 0 Å². The number of nitriles is 1. The number of methoxy groups -OCH3 is 2. The van der Waals surface area contributed by atoms with E-state index in [0.29, 0.717) is 17.1 Å². The SMILES string of the molecule is CCCCCCCCCCCCC(C#N)(CCCN1CCC(C(=O)c2ccc(F)cc2)CC1)c1ccc(OC)c(OC)c1. The van der Waals surface area contributed by atoms with Gasteiger partial charge in [0.05, 0.1) is 25.7 Å². The minimum Gasteiger partial charge on any atom is -0.493 e. The molecule has 0 radical (unpaired) electrons. The average Bonchev–Trinajstić information content (AvgIpc) is 3.04. The fraction of sp³-hybridized carbons (Fsp3) is 0.622. The molecule has 1 atom stereocenters. The lowest BCUT2D eigenvalue weighted by Crippen LogP contribution is -2.37. The van der Waals surface area contributed by atoms with E-state index in [1.807, 2.05) is 18.2 Å². The molecular weight excluding hydrogens is 539 g/mol. The third kappa shape index (κ3) is 10.6. The quantitative estimate of drug-likeness (QED) is 0.113. The molecule has 5 nitrogen and oxygen atoms in total.